The molecule has 1 aromatic rings. The Morgan fingerprint density at radius 1 is 1.00 bits per heavy atom. The van der Waals surface area contributed by atoms with Crippen molar-refractivity contribution in [2.75, 3.05) is 0 Å². The van der Waals surface area contributed by atoms with Crippen LogP contribution in [0, 0.1) is 30.6 Å². The van der Waals surface area contributed by atoms with Crippen molar-refractivity contribution >= 4 is 11.8 Å². The number of hydrogen-bond acceptors (Lipinski definition) is 3. The summed E-state index contributed by atoms with van der Waals surface area (Å²) in [5.41, 5.74) is -9.81. The molecule has 0 unspecified atom stereocenters. The predicted octanol–water partition coefficient (Wildman–Crippen LogP) is 5.44. The van der Waals surface area contributed by atoms with Crippen LogP contribution >= 0.6 is 0 Å². The molecule has 12 heteroatoms. The molecule has 194 valence electrons. The largest absolute Gasteiger partial charge is 0.435 e. The van der Waals surface area contributed by atoms with E-state index >= 15 is 0 Å². The van der Waals surface area contributed by atoms with Crippen molar-refractivity contribution in [2.24, 2.45) is 0 Å². The van der Waals surface area contributed by atoms with Crippen LogP contribution in [0.15, 0.2) is 41.1 Å². The van der Waals surface area contributed by atoms with Crippen molar-refractivity contribution in [3.05, 3.63) is 57.8 Å². The number of alkyl halides is 7. The Kier molecular flexibility index (Phi) is 8.77. The van der Waals surface area contributed by atoms with Gasteiger partial charge in [0.05, 0.1) is 22.9 Å². The number of aryl methyl sites for hydroxylation is 1. The van der Waals surface area contributed by atoms with Crippen LogP contribution in [-0.4, -0.2) is 35.4 Å². The molecule has 0 radical (unpaired) electrons. The number of halogens is 7. The molecule has 2 amide bonds. The lowest BCUT2D eigenvalue weighted by Crippen LogP contribution is -2.54. The average molecular weight is 517 g/mol. The van der Waals surface area contributed by atoms with Gasteiger partial charge in [-0.05, 0) is 57.4 Å². The summed E-state index contributed by atoms with van der Waals surface area (Å²) in [6.45, 7) is 5.58. The van der Waals surface area contributed by atoms with Gasteiger partial charge in [-0.1, -0.05) is 24.1 Å². The summed E-state index contributed by atoms with van der Waals surface area (Å²) in [4.78, 5) is 25.6. The number of nitrogens with zero attached hydrogens (tertiary/aromatic N) is 1. The van der Waals surface area contributed by atoms with Crippen LogP contribution in [-0.2, 0) is 0 Å². The van der Waals surface area contributed by atoms with E-state index in [0.717, 1.165) is 6.92 Å². The Hall–Kier alpha value is -3.80. The predicted molar refractivity (Wildman–Crippen MR) is 117 cm³/mol. The Labute approximate surface area is 203 Å². The quantitative estimate of drug-likeness (QED) is 0.300. The van der Waals surface area contributed by atoms with E-state index in [1.807, 2.05) is 12.0 Å². The molecule has 0 aromatic heterocycles. The van der Waals surface area contributed by atoms with Crippen LogP contribution in [0.3, 0.4) is 0 Å². The fourth-order valence-corrected chi connectivity index (χ4v) is 3.07. The summed E-state index contributed by atoms with van der Waals surface area (Å²) in [6, 6.07) is 5.99. The van der Waals surface area contributed by atoms with E-state index in [2.05, 4.69) is 10.6 Å². The monoisotopic (exact) mass is 517 g/mol. The zero-order valence-electron chi connectivity index (χ0n) is 19.8. The van der Waals surface area contributed by atoms with Crippen molar-refractivity contribution in [1.29, 1.82) is 5.26 Å². The van der Waals surface area contributed by atoms with Crippen molar-refractivity contribution in [1.82, 2.24) is 10.6 Å². The summed E-state index contributed by atoms with van der Waals surface area (Å²) in [6.07, 6.45) is -7.11. The number of carbonyl (C=O) groups is 2. The Morgan fingerprint density at radius 2 is 1.53 bits per heavy atom. The minimum atomic E-state index is -6.31. The molecule has 2 N–H and O–H groups in total. The topological polar surface area (TPSA) is 82.0 Å². The molecule has 0 bridgehead atoms. The minimum absolute atomic E-state index is 0.143. The van der Waals surface area contributed by atoms with E-state index in [0.29, 0.717) is 12.5 Å². The van der Waals surface area contributed by atoms with E-state index in [1.165, 1.54) is 39.0 Å². The Morgan fingerprint density at radius 3 is 1.97 bits per heavy atom. The number of amides is 2. The smallest absolute Gasteiger partial charge is 0.334 e. The van der Waals surface area contributed by atoms with Gasteiger partial charge in [0.1, 0.15) is 5.54 Å². The molecule has 36 heavy (non-hydrogen) atoms. The molecule has 1 aromatic carbocycles. The van der Waals surface area contributed by atoms with Gasteiger partial charge in [0.15, 0.2) is 0 Å². The van der Waals surface area contributed by atoms with E-state index < -0.39 is 52.2 Å². The molecule has 0 saturated carbocycles. The highest BCUT2D eigenvalue weighted by Gasteiger charge is 2.73. The lowest BCUT2D eigenvalue weighted by Gasteiger charge is -2.30. The maximum Gasteiger partial charge on any atom is 0.435 e. The second kappa shape index (κ2) is 10.4. The molecule has 0 aliphatic carbocycles. The van der Waals surface area contributed by atoms with Gasteiger partial charge in [0.2, 0.25) is 0 Å². The number of benzene rings is 1. The van der Waals surface area contributed by atoms with Gasteiger partial charge in [-0.3, -0.25) is 9.59 Å². The fourth-order valence-electron chi connectivity index (χ4n) is 3.07. The van der Waals surface area contributed by atoms with Crippen LogP contribution in [0.25, 0.3) is 0 Å². The summed E-state index contributed by atoms with van der Waals surface area (Å²) in [5, 5.41) is 13.7. The van der Waals surface area contributed by atoms with Crippen molar-refractivity contribution in [3.8, 4) is 18.4 Å². The van der Waals surface area contributed by atoms with Crippen molar-refractivity contribution in [2.45, 2.75) is 58.2 Å². The molecule has 0 aliphatic heterocycles. The van der Waals surface area contributed by atoms with Gasteiger partial charge in [0.25, 0.3) is 11.8 Å². The van der Waals surface area contributed by atoms with Gasteiger partial charge >= 0.3 is 18.0 Å². The zero-order valence-corrected chi connectivity index (χ0v) is 19.8. The van der Waals surface area contributed by atoms with E-state index in [-0.39, 0.29) is 17.2 Å². The van der Waals surface area contributed by atoms with E-state index in [4.69, 9.17) is 11.7 Å². The van der Waals surface area contributed by atoms with E-state index in [1.54, 1.807) is 0 Å². The third-order valence-electron chi connectivity index (χ3n) is 4.98. The summed E-state index contributed by atoms with van der Waals surface area (Å²) >= 11 is 0. The molecule has 5 nitrogen and oxygen atoms in total. The highest BCUT2D eigenvalue weighted by Crippen LogP contribution is 2.50. The number of terminal acetylenes is 1. The third kappa shape index (κ3) is 6.25. The number of hydrogen-bond donors (Lipinski definition) is 2. The maximum absolute atomic E-state index is 14.3. The van der Waals surface area contributed by atoms with Crippen molar-refractivity contribution < 1.29 is 40.3 Å². The lowest BCUT2D eigenvalue weighted by atomic mass is 9.93. The maximum atomic E-state index is 14.3. The van der Waals surface area contributed by atoms with Crippen LogP contribution < -0.4 is 10.6 Å². The number of allylic oxidation sites excluding steroid dienone is 4. The number of rotatable bonds is 6. The first-order valence-corrected chi connectivity index (χ1v) is 10.1. The number of carbonyl (C=O) groups excluding carboxylic acids is 2. The Balaban J connectivity index is 3.51. The third-order valence-corrected chi connectivity index (χ3v) is 4.98. The highest BCUT2D eigenvalue weighted by molar-refractivity contribution is 6.09. The van der Waals surface area contributed by atoms with E-state index in [9.17, 15) is 40.3 Å². The van der Waals surface area contributed by atoms with Crippen LogP contribution in [0.1, 0.15) is 54.0 Å². The molecule has 1 rings (SSSR count). The SMILES string of the molecule is C#CC(NC(=O)c1cccc(C)c1C(=O)NC(C)(C)C#N)=C(C)C=C(C)C(F)(C(F)(F)F)C(F)(F)F. The summed E-state index contributed by atoms with van der Waals surface area (Å²) < 4.78 is 92.2. The second-order valence-corrected chi connectivity index (χ2v) is 8.33. The highest BCUT2D eigenvalue weighted by atomic mass is 19.4. The van der Waals surface area contributed by atoms with Crippen molar-refractivity contribution in [3.63, 3.8) is 0 Å². The van der Waals surface area contributed by atoms with Crippen LogP contribution in [0.2, 0.25) is 0 Å². The van der Waals surface area contributed by atoms with Gasteiger partial charge in [-0.25, -0.2) is 4.39 Å². The molecule has 0 aliphatic rings. The minimum Gasteiger partial charge on any atom is -0.334 e. The van der Waals surface area contributed by atoms with Gasteiger partial charge in [-0.2, -0.15) is 31.6 Å². The average Bonchev–Trinajstić information content (AvgIpc) is 2.74. The van der Waals surface area contributed by atoms with Crippen LogP contribution in [0.4, 0.5) is 30.7 Å². The first-order chi connectivity index (χ1) is 16.2. The lowest BCUT2D eigenvalue weighted by molar-refractivity contribution is -0.326. The first kappa shape index (κ1) is 30.2. The zero-order chi connectivity index (χ0) is 28.3. The molecule has 0 saturated heterocycles. The molecule has 0 heterocycles. The molecule has 0 atom stereocenters. The Bertz CT molecular complexity index is 1180. The molecule has 0 spiro atoms. The van der Waals surface area contributed by atoms with Gasteiger partial charge < -0.3 is 10.6 Å². The second-order valence-electron chi connectivity index (χ2n) is 8.33. The molecular formula is C24H22F7N3O2. The molecule has 0 fully saturated rings. The van der Waals surface area contributed by atoms with Gasteiger partial charge in [0, 0.05) is 0 Å². The fraction of sp³-hybridized carbons (Fsp3) is 0.375. The number of nitriles is 1. The number of nitrogens with one attached hydrogen (secondary N) is 2. The molecular weight excluding hydrogens is 495 g/mol. The van der Waals surface area contributed by atoms with Crippen LogP contribution in [0.5, 0.6) is 0 Å². The standard InChI is InChI=1S/C24H22F7N3O2/c1-7-17(14(3)11-15(4)22(25,23(26,27)28)24(29,30)31)33-19(35)16-10-8-9-13(2)18(16)20(36)34-21(5,6)12-32/h1,8-11H,2-6H3,(H,33,35)(H,34,36). The normalized spacial score (nSPS) is 13.8. The van der Waals surface area contributed by atoms with Gasteiger partial charge in [-0.15, -0.1) is 6.42 Å². The first-order valence-electron chi connectivity index (χ1n) is 10.1. The summed E-state index contributed by atoms with van der Waals surface area (Å²) in [5.74, 6) is 0.113. The summed E-state index contributed by atoms with van der Waals surface area (Å²) in [7, 11) is 0.